The predicted octanol–water partition coefficient (Wildman–Crippen LogP) is 2.50. The van der Waals surface area contributed by atoms with Crippen LogP contribution in [0.4, 0.5) is 4.39 Å². The minimum atomic E-state index is -3.62. The monoisotopic (exact) mass is 286 g/mol. The Hall–Kier alpha value is -1.63. The van der Waals surface area contributed by atoms with Gasteiger partial charge in [-0.15, -0.1) is 0 Å². The maximum atomic E-state index is 12.9. The molecular weight excluding hydrogens is 271 g/mol. The molecule has 0 saturated heterocycles. The van der Waals surface area contributed by atoms with E-state index in [2.05, 4.69) is 14.7 Å². The molecule has 0 aliphatic carbocycles. The van der Waals surface area contributed by atoms with Gasteiger partial charge in [-0.3, -0.25) is 0 Å². The lowest BCUT2D eigenvalue weighted by molar-refractivity contribution is 0.575. The average molecular weight is 286 g/mol. The second-order valence-electron chi connectivity index (χ2n) is 3.97. The molecule has 8 heteroatoms. The summed E-state index contributed by atoms with van der Waals surface area (Å²) >= 11 is 0. The molecule has 1 N–H and O–H groups in total. The highest BCUT2D eigenvalue weighted by molar-refractivity contribution is 7.89. The highest BCUT2D eigenvalue weighted by Gasteiger charge is 2.16. The molecule has 0 aliphatic heterocycles. The van der Waals surface area contributed by atoms with Gasteiger partial charge in [0.2, 0.25) is 10.0 Å². The third-order valence-electron chi connectivity index (χ3n) is 2.47. The van der Waals surface area contributed by atoms with E-state index in [0.717, 1.165) is 6.07 Å². The molecule has 6 nitrogen and oxygen atoms in total. The lowest BCUT2D eigenvalue weighted by Gasteiger charge is -2.08. The van der Waals surface area contributed by atoms with Crippen LogP contribution in [-0.2, 0) is 10.0 Å². The molecule has 19 heavy (non-hydrogen) atoms. The van der Waals surface area contributed by atoms with Crippen molar-refractivity contribution < 1.29 is 12.8 Å². The van der Waals surface area contributed by atoms with Crippen LogP contribution < -0.4 is 4.72 Å². The van der Waals surface area contributed by atoms with E-state index in [-0.39, 0.29) is 11.4 Å². The van der Waals surface area contributed by atoms with E-state index in [1.165, 1.54) is 12.1 Å². The van der Waals surface area contributed by atoms with Gasteiger partial charge in [0, 0.05) is 18.0 Å². The summed E-state index contributed by atoms with van der Waals surface area (Å²) in [6.45, 7) is 2.13. The third-order valence-corrected chi connectivity index (χ3v) is 4.09. The Morgan fingerprint density at radius 2 is 2.16 bits per heavy atom. The quantitative estimate of drug-likeness (QED) is 0.361. The normalized spacial score (nSPS) is 11.1. The van der Waals surface area contributed by atoms with Crippen molar-refractivity contribution in [2.24, 2.45) is 5.11 Å². The molecule has 0 unspecified atom stereocenters. The van der Waals surface area contributed by atoms with Gasteiger partial charge in [-0.25, -0.2) is 17.5 Å². The van der Waals surface area contributed by atoms with E-state index < -0.39 is 15.8 Å². The first-order valence-electron chi connectivity index (χ1n) is 5.74. The minimum absolute atomic E-state index is 0.0731. The van der Waals surface area contributed by atoms with Crippen molar-refractivity contribution in [2.75, 3.05) is 13.1 Å². The Morgan fingerprint density at radius 3 is 2.79 bits per heavy atom. The van der Waals surface area contributed by atoms with E-state index in [1.807, 2.05) is 0 Å². The van der Waals surface area contributed by atoms with Gasteiger partial charge >= 0.3 is 0 Å². The standard InChI is InChI=1S/C11H15FN4O2S/c1-9-8-10(12)4-5-11(9)19(17,18)15-7-3-2-6-14-16-13/h4-5,8,15H,2-3,6-7H2,1H3. The Bertz CT molecular complexity index is 582. The van der Waals surface area contributed by atoms with Crippen LogP contribution in [0, 0.1) is 12.7 Å². The molecule has 1 aromatic carbocycles. The molecule has 0 aliphatic rings. The van der Waals surface area contributed by atoms with E-state index in [9.17, 15) is 12.8 Å². The molecule has 0 heterocycles. The second-order valence-corrected chi connectivity index (χ2v) is 5.70. The Balaban J connectivity index is 2.58. The van der Waals surface area contributed by atoms with Crippen LogP contribution in [0.3, 0.4) is 0 Å². The Morgan fingerprint density at radius 1 is 1.42 bits per heavy atom. The lowest BCUT2D eigenvalue weighted by Crippen LogP contribution is -2.25. The minimum Gasteiger partial charge on any atom is -0.211 e. The zero-order valence-electron chi connectivity index (χ0n) is 10.5. The molecule has 1 rings (SSSR count). The van der Waals surface area contributed by atoms with E-state index in [1.54, 1.807) is 6.92 Å². The smallest absolute Gasteiger partial charge is 0.211 e. The molecule has 0 spiro atoms. The van der Waals surface area contributed by atoms with E-state index >= 15 is 0 Å². The number of halogens is 1. The topological polar surface area (TPSA) is 94.9 Å². The summed E-state index contributed by atoms with van der Waals surface area (Å²) in [6, 6.07) is 3.53. The van der Waals surface area contributed by atoms with Crippen molar-refractivity contribution >= 4 is 10.0 Å². The summed E-state index contributed by atoms with van der Waals surface area (Å²) in [6.07, 6.45) is 1.17. The zero-order valence-corrected chi connectivity index (χ0v) is 11.3. The zero-order chi connectivity index (χ0) is 14.3. The SMILES string of the molecule is Cc1cc(F)ccc1S(=O)(=O)NCCCCN=[N+]=[N-]. The van der Waals surface area contributed by atoms with Crippen molar-refractivity contribution in [1.82, 2.24) is 4.72 Å². The third kappa shape index (κ3) is 4.86. The molecule has 0 saturated carbocycles. The van der Waals surface area contributed by atoms with Crippen LogP contribution in [-0.4, -0.2) is 21.5 Å². The summed E-state index contributed by atoms with van der Waals surface area (Å²) in [7, 11) is -3.62. The van der Waals surface area contributed by atoms with Crippen LogP contribution >= 0.6 is 0 Å². The first-order chi connectivity index (χ1) is 8.97. The van der Waals surface area contributed by atoms with Crippen molar-refractivity contribution in [3.05, 3.63) is 40.0 Å². The number of azide groups is 1. The lowest BCUT2D eigenvalue weighted by atomic mass is 10.2. The molecule has 1 aromatic rings. The molecule has 0 aromatic heterocycles. The van der Waals surface area contributed by atoms with Crippen LogP contribution in [0.2, 0.25) is 0 Å². The summed E-state index contributed by atoms with van der Waals surface area (Å²) in [5.74, 6) is -0.467. The van der Waals surface area contributed by atoms with Crippen LogP contribution in [0.15, 0.2) is 28.2 Å². The van der Waals surface area contributed by atoms with Gasteiger partial charge in [-0.05, 0) is 49.1 Å². The Kier molecular flexibility index (Phi) is 5.75. The number of rotatable bonds is 7. The fourth-order valence-corrected chi connectivity index (χ4v) is 2.85. The number of hydrogen-bond acceptors (Lipinski definition) is 3. The molecule has 0 atom stereocenters. The van der Waals surface area contributed by atoms with Crippen LogP contribution in [0.1, 0.15) is 18.4 Å². The van der Waals surface area contributed by atoms with Gasteiger partial charge in [0.05, 0.1) is 4.90 Å². The van der Waals surface area contributed by atoms with Gasteiger partial charge in [-0.1, -0.05) is 5.11 Å². The van der Waals surface area contributed by atoms with Crippen molar-refractivity contribution in [3.8, 4) is 0 Å². The highest BCUT2D eigenvalue weighted by Crippen LogP contribution is 2.15. The fourth-order valence-electron chi connectivity index (χ4n) is 1.55. The summed E-state index contributed by atoms with van der Waals surface area (Å²) in [5, 5.41) is 3.35. The number of benzene rings is 1. The molecule has 0 fully saturated rings. The van der Waals surface area contributed by atoms with Gasteiger partial charge in [0.1, 0.15) is 5.82 Å². The predicted molar refractivity (Wildman–Crippen MR) is 69.6 cm³/mol. The largest absolute Gasteiger partial charge is 0.240 e. The molecule has 0 bridgehead atoms. The number of nitrogens with zero attached hydrogens (tertiary/aromatic N) is 3. The number of sulfonamides is 1. The first-order valence-corrected chi connectivity index (χ1v) is 7.22. The first kappa shape index (κ1) is 15.4. The molecule has 104 valence electrons. The summed E-state index contributed by atoms with van der Waals surface area (Å²) in [4.78, 5) is 2.67. The summed E-state index contributed by atoms with van der Waals surface area (Å²) in [5.41, 5.74) is 8.43. The Labute approximate surface area is 111 Å². The van der Waals surface area contributed by atoms with Crippen LogP contribution in [0.25, 0.3) is 10.4 Å². The molecule has 0 radical (unpaired) electrons. The van der Waals surface area contributed by atoms with Gasteiger partial charge in [0.15, 0.2) is 0 Å². The molecule has 0 amide bonds. The molecular formula is C11H15FN4O2S. The number of nitrogens with one attached hydrogen (secondary N) is 1. The van der Waals surface area contributed by atoms with Gasteiger partial charge in [0.25, 0.3) is 0 Å². The van der Waals surface area contributed by atoms with Crippen LogP contribution in [0.5, 0.6) is 0 Å². The van der Waals surface area contributed by atoms with Gasteiger partial charge in [-0.2, -0.15) is 0 Å². The number of hydrogen-bond donors (Lipinski definition) is 1. The fraction of sp³-hybridized carbons (Fsp3) is 0.455. The maximum absolute atomic E-state index is 12.9. The summed E-state index contributed by atoms with van der Waals surface area (Å²) < 4.78 is 39.2. The number of aryl methyl sites for hydroxylation is 1. The van der Waals surface area contributed by atoms with Crippen molar-refractivity contribution in [1.29, 1.82) is 0 Å². The average Bonchev–Trinajstić information content (AvgIpc) is 2.33. The number of unbranched alkanes of at least 4 members (excludes halogenated alkanes) is 1. The van der Waals surface area contributed by atoms with Crippen molar-refractivity contribution in [2.45, 2.75) is 24.7 Å². The van der Waals surface area contributed by atoms with E-state index in [4.69, 9.17) is 5.53 Å². The van der Waals surface area contributed by atoms with Gasteiger partial charge < -0.3 is 0 Å². The maximum Gasteiger partial charge on any atom is 0.240 e. The second kappa shape index (κ2) is 7.08. The highest BCUT2D eigenvalue weighted by atomic mass is 32.2. The van der Waals surface area contributed by atoms with E-state index in [0.29, 0.717) is 24.9 Å². The van der Waals surface area contributed by atoms with Crippen molar-refractivity contribution in [3.63, 3.8) is 0 Å².